The van der Waals surface area contributed by atoms with Crippen LogP contribution in [0.3, 0.4) is 0 Å². The molecule has 0 atom stereocenters. The third-order valence-corrected chi connectivity index (χ3v) is 5.95. The highest BCUT2D eigenvalue weighted by molar-refractivity contribution is 7.89. The van der Waals surface area contributed by atoms with Crippen molar-refractivity contribution in [3.63, 3.8) is 0 Å². The first-order valence-electron chi connectivity index (χ1n) is 7.15. The van der Waals surface area contributed by atoms with E-state index in [2.05, 4.69) is 0 Å². The smallest absolute Gasteiger partial charge is 0.247 e. The average molecular weight is 339 g/mol. The maximum atomic E-state index is 13.0. The molecule has 2 aromatic rings. The van der Waals surface area contributed by atoms with E-state index in [1.165, 1.54) is 11.4 Å². The maximum absolute atomic E-state index is 13.0. The fourth-order valence-electron chi connectivity index (χ4n) is 2.24. The quantitative estimate of drug-likeness (QED) is 0.773. The number of rotatable bonds is 7. The summed E-state index contributed by atoms with van der Waals surface area (Å²) in [6.07, 6.45) is 0.761. The zero-order chi connectivity index (χ0) is 16.2. The number of ether oxygens (including phenoxy) is 1. The van der Waals surface area contributed by atoms with Crippen LogP contribution >= 0.6 is 11.3 Å². The molecule has 0 aliphatic carbocycles. The third kappa shape index (κ3) is 3.69. The van der Waals surface area contributed by atoms with Crippen molar-refractivity contribution in [2.75, 3.05) is 13.7 Å². The Kier molecular flexibility index (Phi) is 5.61. The van der Waals surface area contributed by atoms with Gasteiger partial charge in [0.25, 0.3) is 0 Å². The number of hydrogen-bond acceptors (Lipinski definition) is 4. The minimum absolute atomic E-state index is 0.235. The number of thiophene rings is 1. The van der Waals surface area contributed by atoms with Gasteiger partial charge in [0, 0.05) is 13.1 Å². The molecule has 2 rings (SSSR count). The van der Waals surface area contributed by atoms with Crippen LogP contribution in [0.15, 0.2) is 39.9 Å². The normalized spacial score (nSPS) is 11.8. The second-order valence-corrected chi connectivity index (χ2v) is 7.81. The summed E-state index contributed by atoms with van der Waals surface area (Å²) in [7, 11) is -2.10. The van der Waals surface area contributed by atoms with Crippen molar-refractivity contribution in [3.8, 4) is 5.75 Å². The molecule has 0 spiro atoms. The molecule has 0 amide bonds. The Morgan fingerprint density at radius 3 is 2.64 bits per heavy atom. The van der Waals surface area contributed by atoms with E-state index >= 15 is 0 Å². The van der Waals surface area contributed by atoms with Gasteiger partial charge in [-0.25, -0.2) is 8.42 Å². The zero-order valence-corrected chi connectivity index (χ0v) is 14.7. The molecule has 0 fully saturated rings. The van der Waals surface area contributed by atoms with Crippen LogP contribution in [0, 0.1) is 6.92 Å². The number of hydrogen-bond donors (Lipinski definition) is 0. The molecule has 0 aliphatic rings. The number of nitrogens with zero attached hydrogens (tertiary/aromatic N) is 1. The van der Waals surface area contributed by atoms with Gasteiger partial charge in [0.1, 0.15) is 10.6 Å². The summed E-state index contributed by atoms with van der Waals surface area (Å²) < 4.78 is 32.8. The van der Waals surface area contributed by atoms with Crippen LogP contribution in [0.25, 0.3) is 0 Å². The van der Waals surface area contributed by atoms with Gasteiger partial charge < -0.3 is 4.74 Å². The van der Waals surface area contributed by atoms with Gasteiger partial charge in [0.2, 0.25) is 10.0 Å². The number of methoxy groups -OCH3 is 1. The summed E-state index contributed by atoms with van der Waals surface area (Å²) in [4.78, 5) is 0.235. The molecular weight excluding hydrogens is 318 g/mol. The van der Waals surface area contributed by atoms with Crippen LogP contribution in [0.2, 0.25) is 0 Å². The molecule has 1 heterocycles. The molecule has 4 nitrogen and oxygen atoms in total. The first kappa shape index (κ1) is 17.0. The fraction of sp³-hybridized carbons (Fsp3) is 0.375. The molecule has 120 valence electrons. The fourth-order valence-corrected chi connectivity index (χ4v) is 4.66. The second kappa shape index (κ2) is 7.26. The minimum atomic E-state index is -3.59. The molecule has 0 aliphatic heterocycles. The lowest BCUT2D eigenvalue weighted by Gasteiger charge is -2.22. The van der Waals surface area contributed by atoms with E-state index in [0.29, 0.717) is 18.8 Å². The molecule has 22 heavy (non-hydrogen) atoms. The molecule has 6 heteroatoms. The van der Waals surface area contributed by atoms with Crippen molar-refractivity contribution in [2.45, 2.75) is 31.7 Å². The first-order valence-corrected chi connectivity index (χ1v) is 9.53. The number of aryl methyl sites for hydroxylation is 1. The number of benzene rings is 1. The highest BCUT2D eigenvalue weighted by atomic mass is 32.2. The van der Waals surface area contributed by atoms with E-state index in [1.807, 2.05) is 36.7 Å². The Morgan fingerprint density at radius 2 is 2.05 bits per heavy atom. The summed E-state index contributed by atoms with van der Waals surface area (Å²) >= 11 is 1.57. The van der Waals surface area contributed by atoms with Gasteiger partial charge in [-0.1, -0.05) is 13.0 Å². The van der Waals surface area contributed by atoms with E-state index in [4.69, 9.17) is 4.74 Å². The van der Waals surface area contributed by atoms with Crippen LogP contribution in [0.4, 0.5) is 0 Å². The molecule has 0 unspecified atom stereocenters. The standard InChI is InChI=1S/C16H21NO3S2/c1-4-8-17(11-14-7-9-21-12-14)22(18,19)16-10-13(2)5-6-15(16)20-3/h5-7,9-10,12H,4,8,11H2,1-3H3. The van der Waals surface area contributed by atoms with Crippen LogP contribution in [-0.4, -0.2) is 26.4 Å². The van der Waals surface area contributed by atoms with Crippen molar-refractivity contribution in [1.29, 1.82) is 0 Å². The predicted octanol–water partition coefficient (Wildman–Crippen LogP) is 3.67. The Hall–Kier alpha value is -1.37. The lowest BCUT2D eigenvalue weighted by Crippen LogP contribution is -2.31. The maximum Gasteiger partial charge on any atom is 0.247 e. The Morgan fingerprint density at radius 1 is 1.27 bits per heavy atom. The second-order valence-electron chi connectivity index (χ2n) is 5.12. The van der Waals surface area contributed by atoms with Gasteiger partial charge >= 0.3 is 0 Å². The third-order valence-electron chi connectivity index (χ3n) is 3.35. The van der Waals surface area contributed by atoms with Crippen LogP contribution in [0.5, 0.6) is 5.75 Å². The summed E-state index contributed by atoms with van der Waals surface area (Å²) in [6.45, 7) is 4.72. The molecule has 1 aromatic heterocycles. The zero-order valence-electron chi connectivity index (χ0n) is 13.1. The van der Waals surface area contributed by atoms with Gasteiger partial charge in [0.15, 0.2) is 0 Å². The summed E-state index contributed by atoms with van der Waals surface area (Å²) in [5.74, 6) is 0.386. The predicted molar refractivity (Wildman–Crippen MR) is 89.9 cm³/mol. The largest absolute Gasteiger partial charge is 0.495 e. The Balaban J connectivity index is 2.42. The van der Waals surface area contributed by atoms with Crippen molar-refractivity contribution in [3.05, 3.63) is 46.2 Å². The topological polar surface area (TPSA) is 46.6 Å². The van der Waals surface area contributed by atoms with Crippen LogP contribution in [0.1, 0.15) is 24.5 Å². The molecule has 0 saturated heterocycles. The van der Waals surface area contributed by atoms with E-state index in [-0.39, 0.29) is 4.90 Å². The molecule has 0 bridgehead atoms. The Labute approximate surface area is 136 Å². The van der Waals surface area contributed by atoms with E-state index < -0.39 is 10.0 Å². The Bertz CT molecular complexity index is 709. The highest BCUT2D eigenvalue weighted by Crippen LogP contribution is 2.29. The number of sulfonamides is 1. The monoisotopic (exact) mass is 339 g/mol. The van der Waals surface area contributed by atoms with E-state index in [9.17, 15) is 8.42 Å². The molecular formula is C16H21NO3S2. The van der Waals surface area contributed by atoms with Gasteiger partial charge in [-0.3, -0.25) is 0 Å². The van der Waals surface area contributed by atoms with Crippen molar-refractivity contribution in [1.82, 2.24) is 4.31 Å². The SMILES string of the molecule is CCCN(Cc1ccsc1)S(=O)(=O)c1cc(C)ccc1OC. The van der Waals surface area contributed by atoms with Crippen LogP contribution < -0.4 is 4.74 Å². The van der Waals surface area contributed by atoms with Crippen molar-refractivity contribution in [2.24, 2.45) is 0 Å². The van der Waals surface area contributed by atoms with Crippen molar-refractivity contribution >= 4 is 21.4 Å². The molecule has 0 saturated carbocycles. The van der Waals surface area contributed by atoms with E-state index in [1.54, 1.807) is 23.5 Å². The van der Waals surface area contributed by atoms with Gasteiger partial charge in [-0.05, 0) is 53.4 Å². The van der Waals surface area contributed by atoms with Gasteiger partial charge in [-0.2, -0.15) is 15.6 Å². The highest BCUT2D eigenvalue weighted by Gasteiger charge is 2.27. The lowest BCUT2D eigenvalue weighted by atomic mass is 10.2. The lowest BCUT2D eigenvalue weighted by molar-refractivity contribution is 0.385. The van der Waals surface area contributed by atoms with Gasteiger partial charge in [-0.15, -0.1) is 0 Å². The molecule has 1 aromatic carbocycles. The summed E-state index contributed by atoms with van der Waals surface area (Å²) in [6, 6.07) is 7.18. The van der Waals surface area contributed by atoms with E-state index in [0.717, 1.165) is 17.5 Å². The molecule has 0 N–H and O–H groups in total. The average Bonchev–Trinajstić information content (AvgIpc) is 3.00. The minimum Gasteiger partial charge on any atom is -0.495 e. The summed E-state index contributed by atoms with van der Waals surface area (Å²) in [5, 5.41) is 3.94. The van der Waals surface area contributed by atoms with Crippen LogP contribution in [-0.2, 0) is 16.6 Å². The van der Waals surface area contributed by atoms with Gasteiger partial charge in [0.05, 0.1) is 7.11 Å². The molecule has 0 radical (unpaired) electrons. The van der Waals surface area contributed by atoms with Crippen molar-refractivity contribution < 1.29 is 13.2 Å². The first-order chi connectivity index (χ1) is 10.5. The summed E-state index contributed by atoms with van der Waals surface area (Å²) in [5.41, 5.74) is 1.90.